The van der Waals surface area contributed by atoms with Gasteiger partial charge < -0.3 is 10.2 Å². The summed E-state index contributed by atoms with van der Waals surface area (Å²) in [6.45, 7) is 0.280. The molecule has 0 spiro atoms. The monoisotopic (exact) mass is 434 g/mol. The molecule has 3 aromatic carbocycles. The second-order valence-electron chi connectivity index (χ2n) is 6.80. The zero-order valence-electron chi connectivity index (χ0n) is 16.9. The van der Waals surface area contributed by atoms with E-state index in [0.29, 0.717) is 0 Å². The summed E-state index contributed by atoms with van der Waals surface area (Å²) in [5.41, 5.74) is -0.0503. The number of amides is 2. The molecule has 10 nitrogen and oxygen atoms in total. The van der Waals surface area contributed by atoms with Crippen LogP contribution in [0, 0.1) is 20.2 Å². The number of hydrogen-bond donors (Lipinski definition) is 1. The molecule has 162 valence electrons. The molecule has 32 heavy (non-hydrogen) atoms. The highest BCUT2D eigenvalue weighted by molar-refractivity contribution is 6.10. The zero-order chi connectivity index (χ0) is 23.3. The Labute approximate surface area is 182 Å². The summed E-state index contributed by atoms with van der Waals surface area (Å²) < 4.78 is 0. The molecule has 0 bridgehead atoms. The van der Waals surface area contributed by atoms with Crippen molar-refractivity contribution in [3.05, 3.63) is 110 Å². The van der Waals surface area contributed by atoms with E-state index in [1.54, 1.807) is 18.2 Å². The van der Waals surface area contributed by atoms with Crippen LogP contribution in [0.25, 0.3) is 0 Å². The van der Waals surface area contributed by atoms with Crippen LogP contribution >= 0.6 is 0 Å². The van der Waals surface area contributed by atoms with Crippen LogP contribution in [0.5, 0.6) is 0 Å². The molecule has 0 heterocycles. The van der Waals surface area contributed by atoms with Crippen LogP contribution in [0.3, 0.4) is 0 Å². The Kier molecular flexibility index (Phi) is 6.54. The van der Waals surface area contributed by atoms with Gasteiger partial charge in [-0.05, 0) is 17.7 Å². The number of para-hydroxylation sites is 1. The van der Waals surface area contributed by atoms with Crippen molar-refractivity contribution in [3.8, 4) is 0 Å². The van der Waals surface area contributed by atoms with Crippen molar-refractivity contribution in [1.82, 2.24) is 5.32 Å². The Hall–Kier alpha value is -4.60. The fourth-order valence-corrected chi connectivity index (χ4v) is 3.06. The van der Waals surface area contributed by atoms with Crippen molar-refractivity contribution < 1.29 is 19.4 Å². The first-order chi connectivity index (χ1) is 15.3. The van der Waals surface area contributed by atoms with E-state index >= 15 is 0 Å². The van der Waals surface area contributed by atoms with E-state index in [0.717, 1.165) is 28.7 Å². The van der Waals surface area contributed by atoms with Crippen molar-refractivity contribution >= 4 is 28.9 Å². The summed E-state index contributed by atoms with van der Waals surface area (Å²) >= 11 is 0. The molecular weight excluding hydrogens is 416 g/mol. The number of carbonyl (C=O) groups is 2. The van der Waals surface area contributed by atoms with Gasteiger partial charge in [-0.15, -0.1) is 0 Å². The Morgan fingerprint density at radius 2 is 1.44 bits per heavy atom. The molecule has 0 radical (unpaired) electrons. The third kappa shape index (κ3) is 4.93. The number of carbonyl (C=O) groups excluding carboxylic acids is 2. The number of nitrogens with zero attached hydrogens (tertiary/aromatic N) is 3. The lowest BCUT2D eigenvalue weighted by Gasteiger charge is -2.20. The maximum Gasteiger partial charge on any atom is 0.277 e. The molecule has 1 N–H and O–H groups in total. The third-order valence-electron chi connectivity index (χ3n) is 4.68. The number of nitro benzene ring substituents is 2. The Balaban J connectivity index is 1.89. The highest BCUT2D eigenvalue weighted by atomic mass is 16.6. The minimum atomic E-state index is -0.811. The summed E-state index contributed by atoms with van der Waals surface area (Å²) in [6.07, 6.45) is 0. The van der Waals surface area contributed by atoms with Gasteiger partial charge in [0.15, 0.2) is 0 Å². The number of rotatable bonds is 7. The fraction of sp³-hybridized carbons (Fsp3) is 0.0909. The van der Waals surface area contributed by atoms with E-state index in [9.17, 15) is 29.8 Å². The van der Waals surface area contributed by atoms with Gasteiger partial charge in [0.05, 0.1) is 32.7 Å². The summed E-state index contributed by atoms with van der Waals surface area (Å²) in [5.74, 6) is -1.16. The molecule has 2 amide bonds. The van der Waals surface area contributed by atoms with Gasteiger partial charge in [0, 0.05) is 25.7 Å². The van der Waals surface area contributed by atoms with Gasteiger partial charge in [-0.1, -0.05) is 42.5 Å². The minimum absolute atomic E-state index is 0.208. The van der Waals surface area contributed by atoms with Gasteiger partial charge in [0.1, 0.15) is 0 Å². The summed E-state index contributed by atoms with van der Waals surface area (Å²) in [7, 11) is 1.39. The average Bonchev–Trinajstić information content (AvgIpc) is 2.81. The van der Waals surface area contributed by atoms with Crippen LogP contribution in [-0.2, 0) is 6.54 Å². The highest BCUT2D eigenvalue weighted by Gasteiger charge is 2.24. The molecular formula is C22H18N4O6. The van der Waals surface area contributed by atoms with Crippen LogP contribution in [-0.4, -0.2) is 28.7 Å². The van der Waals surface area contributed by atoms with E-state index in [2.05, 4.69) is 5.32 Å². The number of hydrogen-bond acceptors (Lipinski definition) is 6. The largest absolute Gasteiger partial charge is 0.348 e. The fourth-order valence-electron chi connectivity index (χ4n) is 3.06. The Bertz CT molecular complexity index is 1160. The van der Waals surface area contributed by atoms with E-state index < -0.39 is 33.0 Å². The smallest absolute Gasteiger partial charge is 0.277 e. The quantitative estimate of drug-likeness (QED) is 0.445. The van der Waals surface area contributed by atoms with Crippen LogP contribution in [0.2, 0.25) is 0 Å². The summed E-state index contributed by atoms with van der Waals surface area (Å²) in [4.78, 5) is 47.5. The van der Waals surface area contributed by atoms with Crippen molar-refractivity contribution in [2.75, 3.05) is 11.9 Å². The number of anilines is 1. The molecule has 0 unspecified atom stereocenters. The Morgan fingerprint density at radius 1 is 0.875 bits per heavy atom. The summed E-state index contributed by atoms with van der Waals surface area (Å²) in [6, 6.07) is 18.3. The lowest BCUT2D eigenvalue weighted by molar-refractivity contribution is -0.394. The molecule has 0 fully saturated rings. The van der Waals surface area contributed by atoms with Crippen molar-refractivity contribution in [3.63, 3.8) is 0 Å². The zero-order valence-corrected chi connectivity index (χ0v) is 16.9. The second-order valence-corrected chi connectivity index (χ2v) is 6.80. The minimum Gasteiger partial charge on any atom is -0.348 e. The first-order valence-corrected chi connectivity index (χ1v) is 9.41. The van der Waals surface area contributed by atoms with Gasteiger partial charge in [0.25, 0.3) is 23.2 Å². The number of benzene rings is 3. The molecule has 10 heteroatoms. The van der Waals surface area contributed by atoms with Crippen LogP contribution in [0.1, 0.15) is 26.3 Å². The van der Waals surface area contributed by atoms with Crippen molar-refractivity contribution in [2.24, 2.45) is 0 Å². The molecule has 0 aromatic heterocycles. The Morgan fingerprint density at radius 3 is 2.03 bits per heavy atom. The molecule has 3 rings (SSSR count). The number of nitrogens with one attached hydrogen (secondary N) is 1. The maximum atomic E-state index is 13.0. The standard InChI is InChI=1S/C22H18N4O6/c1-24(22(28)16-11-17(25(29)30)13-18(12-16)26(31)32)20-10-6-5-9-19(20)21(27)23-14-15-7-3-2-4-8-15/h2-13H,14H2,1H3,(H,23,27). The maximum absolute atomic E-state index is 13.0. The van der Waals surface area contributed by atoms with Gasteiger partial charge >= 0.3 is 0 Å². The second kappa shape index (κ2) is 9.47. The first-order valence-electron chi connectivity index (χ1n) is 9.41. The van der Waals surface area contributed by atoms with Crippen LogP contribution in [0.4, 0.5) is 17.1 Å². The van der Waals surface area contributed by atoms with Gasteiger partial charge in [-0.3, -0.25) is 29.8 Å². The van der Waals surface area contributed by atoms with E-state index in [4.69, 9.17) is 0 Å². The highest BCUT2D eigenvalue weighted by Crippen LogP contribution is 2.26. The molecule has 0 saturated carbocycles. The molecule has 0 aliphatic heterocycles. The predicted octanol–water partition coefficient (Wildman–Crippen LogP) is 3.71. The molecule has 0 aliphatic carbocycles. The molecule has 0 aliphatic rings. The summed E-state index contributed by atoms with van der Waals surface area (Å²) in [5, 5.41) is 25.0. The lowest BCUT2D eigenvalue weighted by atomic mass is 10.1. The third-order valence-corrected chi connectivity index (χ3v) is 4.68. The molecule has 0 atom stereocenters. The van der Waals surface area contributed by atoms with E-state index in [-0.39, 0.29) is 23.4 Å². The van der Waals surface area contributed by atoms with Gasteiger partial charge in [-0.25, -0.2) is 0 Å². The van der Waals surface area contributed by atoms with E-state index in [1.165, 1.54) is 13.1 Å². The average molecular weight is 434 g/mol. The lowest BCUT2D eigenvalue weighted by Crippen LogP contribution is -2.30. The molecule has 3 aromatic rings. The van der Waals surface area contributed by atoms with Crippen molar-refractivity contribution in [2.45, 2.75) is 6.54 Å². The van der Waals surface area contributed by atoms with Crippen molar-refractivity contribution in [1.29, 1.82) is 0 Å². The first kappa shape index (κ1) is 22.1. The number of nitro groups is 2. The van der Waals surface area contributed by atoms with E-state index in [1.807, 2.05) is 30.3 Å². The van der Waals surface area contributed by atoms with Crippen LogP contribution in [0.15, 0.2) is 72.8 Å². The van der Waals surface area contributed by atoms with Gasteiger partial charge in [0.2, 0.25) is 0 Å². The topological polar surface area (TPSA) is 136 Å². The SMILES string of the molecule is CN(C(=O)c1cc([N+](=O)[O-])cc([N+](=O)[O-])c1)c1ccccc1C(=O)NCc1ccccc1. The predicted molar refractivity (Wildman–Crippen MR) is 117 cm³/mol. The molecule has 0 saturated heterocycles. The normalized spacial score (nSPS) is 10.3. The van der Waals surface area contributed by atoms with Gasteiger partial charge in [-0.2, -0.15) is 0 Å². The number of non-ortho nitro benzene ring substituents is 2. The van der Waals surface area contributed by atoms with Crippen LogP contribution < -0.4 is 10.2 Å².